The van der Waals surface area contributed by atoms with Crippen LogP contribution in [0.5, 0.6) is 0 Å². The maximum atomic E-state index is 11.9. The Bertz CT molecular complexity index is 462. The van der Waals surface area contributed by atoms with Crippen molar-refractivity contribution in [3.63, 3.8) is 0 Å². The number of nitrogens with two attached hydrogens (primary N) is 1. The Kier molecular flexibility index (Phi) is 4.98. The van der Waals surface area contributed by atoms with Gasteiger partial charge in [-0.1, -0.05) is 12.1 Å². The highest BCUT2D eigenvalue weighted by atomic mass is 16.5. The molecular formula is C15H23N3O2. The summed E-state index contributed by atoms with van der Waals surface area (Å²) in [6.45, 7) is 5.38. The maximum Gasteiger partial charge on any atom is 0.319 e. The third-order valence-corrected chi connectivity index (χ3v) is 3.73. The second-order valence-corrected chi connectivity index (χ2v) is 5.37. The minimum absolute atomic E-state index is 0.0451. The molecule has 1 aliphatic heterocycles. The van der Waals surface area contributed by atoms with Gasteiger partial charge in [-0.3, -0.25) is 0 Å². The number of urea groups is 1. The molecule has 1 aromatic carbocycles. The van der Waals surface area contributed by atoms with Crippen LogP contribution in [0.15, 0.2) is 24.3 Å². The Labute approximate surface area is 119 Å². The topological polar surface area (TPSA) is 76.4 Å². The van der Waals surface area contributed by atoms with Crippen molar-refractivity contribution in [1.29, 1.82) is 0 Å². The first-order valence-corrected chi connectivity index (χ1v) is 7.08. The maximum absolute atomic E-state index is 11.9. The van der Waals surface area contributed by atoms with Crippen molar-refractivity contribution in [2.45, 2.75) is 32.4 Å². The van der Waals surface area contributed by atoms with E-state index >= 15 is 0 Å². The summed E-state index contributed by atoms with van der Waals surface area (Å²) in [6.07, 6.45) is 1.22. The quantitative estimate of drug-likeness (QED) is 0.790. The number of nitrogens with one attached hydrogen (secondary N) is 2. The fourth-order valence-corrected chi connectivity index (χ4v) is 2.34. The Morgan fingerprint density at radius 3 is 3.00 bits per heavy atom. The molecule has 0 bridgehead atoms. The number of ether oxygens (including phenoxy) is 1. The molecule has 0 radical (unpaired) electrons. The number of benzene rings is 1. The van der Waals surface area contributed by atoms with Gasteiger partial charge in [0.1, 0.15) is 0 Å². The standard InChI is InChI=1S/C15H23N3O2/c1-10(16)12-4-3-5-14(8-12)18-15(19)17-9-13-6-7-20-11(13)2/h3-5,8,10-11,13H,6-7,9,16H2,1-2H3,(H2,17,18,19). The molecule has 0 spiro atoms. The van der Waals surface area contributed by atoms with Crippen LogP contribution >= 0.6 is 0 Å². The van der Waals surface area contributed by atoms with Crippen molar-refractivity contribution < 1.29 is 9.53 Å². The lowest BCUT2D eigenvalue weighted by Crippen LogP contribution is -2.35. The van der Waals surface area contributed by atoms with E-state index in [-0.39, 0.29) is 18.2 Å². The van der Waals surface area contributed by atoms with Gasteiger partial charge in [0, 0.05) is 30.8 Å². The third-order valence-electron chi connectivity index (χ3n) is 3.73. The molecule has 4 N–H and O–H groups in total. The van der Waals surface area contributed by atoms with Crippen LogP contribution in [-0.2, 0) is 4.74 Å². The smallest absolute Gasteiger partial charge is 0.319 e. The number of hydrogen-bond acceptors (Lipinski definition) is 3. The summed E-state index contributed by atoms with van der Waals surface area (Å²) in [5.74, 6) is 0.399. The first-order valence-electron chi connectivity index (χ1n) is 7.08. The Hall–Kier alpha value is -1.59. The highest BCUT2D eigenvalue weighted by Crippen LogP contribution is 2.19. The molecule has 3 atom stereocenters. The SMILES string of the molecule is CC(N)c1cccc(NC(=O)NCC2CCOC2C)c1. The summed E-state index contributed by atoms with van der Waals surface area (Å²) in [5.41, 5.74) is 7.59. The van der Waals surface area contributed by atoms with Gasteiger partial charge in [-0.2, -0.15) is 0 Å². The highest BCUT2D eigenvalue weighted by Gasteiger charge is 2.24. The third kappa shape index (κ3) is 3.95. The van der Waals surface area contributed by atoms with Crippen LogP contribution in [-0.4, -0.2) is 25.3 Å². The van der Waals surface area contributed by atoms with Crippen LogP contribution in [0.4, 0.5) is 10.5 Å². The van der Waals surface area contributed by atoms with Crippen molar-refractivity contribution in [2.24, 2.45) is 11.7 Å². The highest BCUT2D eigenvalue weighted by molar-refractivity contribution is 5.89. The van der Waals surface area contributed by atoms with E-state index in [4.69, 9.17) is 10.5 Å². The summed E-state index contributed by atoms with van der Waals surface area (Å²) >= 11 is 0. The molecule has 3 unspecified atom stereocenters. The van der Waals surface area contributed by atoms with E-state index in [2.05, 4.69) is 10.6 Å². The predicted octanol–water partition coefficient (Wildman–Crippen LogP) is 2.25. The number of rotatable bonds is 4. The normalized spacial score (nSPS) is 23.4. The van der Waals surface area contributed by atoms with E-state index in [1.165, 1.54) is 0 Å². The zero-order chi connectivity index (χ0) is 14.5. The van der Waals surface area contributed by atoms with Crippen LogP contribution in [0, 0.1) is 5.92 Å². The minimum atomic E-state index is -0.189. The zero-order valence-electron chi connectivity index (χ0n) is 12.1. The van der Waals surface area contributed by atoms with Crippen molar-refractivity contribution in [2.75, 3.05) is 18.5 Å². The van der Waals surface area contributed by atoms with E-state index < -0.39 is 0 Å². The Balaban J connectivity index is 1.83. The van der Waals surface area contributed by atoms with E-state index in [1.807, 2.05) is 38.1 Å². The summed E-state index contributed by atoms with van der Waals surface area (Å²) in [4.78, 5) is 11.9. The number of anilines is 1. The van der Waals surface area contributed by atoms with Gasteiger partial charge in [0.05, 0.1) is 6.10 Å². The van der Waals surface area contributed by atoms with Gasteiger partial charge in [-0.25, -0.2) is 4.79 Å². The summed E-state index contributed by atoms with van der Waals surface area (Å²) in [6, 6.07) is 7.35. The predicted molar refractivity (Wildman–Crippen MR) is 79.6 cm³/mol. The molecule has 2 rings (SSSR count). The molecule has 1 aromatic rings. The number of hydrogen-bond donors (Lipinski definition) is 3. The van der Waals surface area contributed by atoms with E-state index in [0.717, 1.165) is 24.3 Å². The van der Waals surface area contributed by atoms with Crippen LogP contribution in [0.3, 0.4) is 0 Å². The summed E-state index contributed by atoms with van der Waals surface area (Å²) in [5, 5.41) is 5.72. The fourth-order valence-electron chi connectivity index (χ4n) is 2.34. The molecule has 1 fully saturated rings. The monoisotopic (exact) mass is 277 g/mol. The summed E-state index contributed by atoms with van der Waals surface area (Å²) in [7, 11) is 0. The molecule has 1 heterocycles. The summed E-state index contributed by atoms with van der Waals surface area (Å²) < 4.78 is 5.47. The zero-order valence-corrected chi connectivity index (χ0v) is 12.1. The molecule has 20 heavy (non-hydrogen) atoms. The van der Waals surface area contributed by atoms with Gasteiger partial charge in [-0.15, -0.1) is 0 Å². The Morgan fingerprint density at radius 1 is 1.55 bits per heavy atom. The molecule has 0 aliphatic carbocycles. The average Bonchev–Trinajstić information content (AvgIpc) is 2.82. The average molecular weight is 277 g/mol. The van der Waals surface area contributed by atoms with Gasteiger partial charge >= 0.3 is 6.03 Å². The molecular weight excluding hydrogens is 254 g/mol. The van der Waals surface area contributed by atoms with Gasteiger partial charge < -0.3 is 21.1 Å². The van der Waals surface area contributed by atoms with Gasteiger partial charge in [0.25, 0.3) is 0 Å². The molecule has 1 aliphatic rings. The first kappa shape index (κ1) is 14.8. The van der Waals surface area contributed by atoms with Crippen LogP contribution in [0.1, 0.15) is 31.9 Å². The van der Waals surface area contributed by atoms with E-state index in [0.29, 0.717) is 12.5 Å². The molecule has 2 amide bonds. The molecule has 0 aromatic heterocycles. The van der Waals surface area contributed by atoms with Gasteiger partial charge in [0.15, 0.2) is 0 Å². The molecule has 5 nitrogen and oxygen atoms in total. The minimum Gasteiger partial charge on any atom is -0.378 e. The number of amides is 2. The van der Waals surface area contributed by atoms with E-state index in [1.54, 1.807) is 0 Å². The lowest BCUT2D eigenvalue weighted by molar-refractivity contribution is 0.106. The first-order chi connectivity index (χ1) is 9.56. The van der Waals surface area contributed by atoms with E-state index in [9.17, 15) is 4.79 Å². The van der Waals surface area contributed by atoms with Gasteiger partial charge in [0.2, 0.25) is 0 Å². The second-order valence-electron chi connectivity index (χ2n) is 5.37. The number of carbonyl (C=O) groups is 1. The van der Waals surface area contributed by atoms with Crippen molar-refractivity contribution in [3.05, 3.63) is 29.8 Å². The van der Waals surface area contributed by atoms with Crippen molar-refractivity contribution in [3.8, 4) is 0 Å². The fraction of sp³-hybridized carbons (Fsp3) is 0.533. The lowest BCUT2D eigenvalue weighted by atomic mass is 10.0. The number of carbonyl (C=O) groups excluding carboxylic acids is 1. The molecule has 1 saturated heterocycles. The molecule has 110 valence electrons. The molecule has 0 saturated carbocycles. The van der Waals surface area contributed by atoms with Gasteiger partial charge in [-0.05, 0) is 38.0 Å². The molecule has 5 heteroatoms. The lowest BCUT2D eigenvalue weighted by Gasteiger charge is -2.15. The van der Waals surface area contributed by atoms with Crippen molar-refractivity contribution >= 4 is 11.7 Å². The largest absolute Gasteiger partial charge is 0.378 e. The van der Waals surface area contributed by atoms with Crippen LogP contribution in [0.2, 0.25) is 0 Å². The Morgan fingerprint density at radius 2 is 2.35 bits per heavy atom. The second kappa shape index (κ2) is 6.72. The van der Waals surface area contributed by atoms with Crippen LogP contribution in [0.25, 0.3) is 0 Å². The van der Waals surface area contributed by atoms with Crippen molar-refractivity contribution in [1.82, 2.24) is 5.32 Å². The van der Waals surface area contributed by atoms with Crippen LogP contribution < -0.4 is 16.4 Å².